The molecule has 0 fully saturated rings. The Bertz CT molecular complexity index is 447. The highest BCUT2D eigenvalue weighted by molar-refractivity contribution is 5.93. The minimum Gasteiger partial charge on any atom is -0.370 e. The van der Waals surface area contributed by atoms with Crippen molar-refractivity contribution in [3.63, 3.8) is 0 Å². The molecule has 0 aliphatic heterocycles. The van der Waals surface area contributed by atoms with Crippen LogP contribution in [0.1, 0.15) is 45.4 Å². The van der Waals surface area contributed by atoms with E-state index in [1.54, 1.807) is 24.5 Å². The standard InChI is InChI=1S/C16H27N5O/c1-2-3-4-5-6-7-11-19-16(17)20-13-15(22)21-14-9-8-10-18-12-14/h8-10,12H,2-7,11,13H2,1H3,(H,21,22)(H3,17,19,20). The van der Waals surface area contributed by atoms with Gasteiger partial charge in [0.05, 0.1) is 11.9 Å². The van der Waals surface area contributed by atoms with E-state index in [0.29, 0.717) is 11.6 Å². The molecule has 1 aromatic rings. The fraction of sp³-hybridized carbons (Fsp3) is 0.562. The summed E-state index contributed by atoms with van der Waals surface area (Å²) < 4.78 is 0. The van der Waals surface area contributed by atoms with Crippen molar-refractivity contribution in [3.05, 3.63) is 24.5 Å². The summed E-state index contributed by atoms with van der Waals surface area (Å²) in [6, 6.07) is 3.53. The Kier molecular flexibility index (Phi) is 9.41. The lowest BCUT2D eigenvalue weighted by molar-refractivity contribution is -0.114. The van der Waals surface area contributed by atoms with Gasteiger partial charge in [0.15, 0.2) is 5.96 Å². The van der Waals surface area contributed by atoms with E-state index in [-0.39, 0.29) is 12.5 Å². The van der Waals surface area contributed by atoms with Crippen LogP contribution in [0.15, 0.2) is 29.5 Å². The van der Waals surface area contributed by atoms with Gasteiger partial charge < -0.3 is 16.4 Å². The van der Waals surface area contributed by atoms with E-state index in [2.05, 4.69) is 27.5 Å². The quantitative estimate of drug-likeness (QED) is 0.351. The first-order valence-electron chi connectivity index (χ1n) is 7.96. The monoisotopic (exact) mass is 305 g/mol. The van der Waals surface area contributed by atoms with Gasteiger partial charge in [0, 0.05) is 12.7 Å². The third-order valence-corrected chi connectivity index (χ3v) is 3.17. The number of hydrogen-bond donors (Lipinski definition) is 3. The number of amides is 1. The van der Waals surface area contributed by atoms with E-state index in [9.17, 15) is 4.79 Å². The average Bonchev–Trinajstić information content (AvgIpc) is 2.53. The van der Waals surface area contributed by atoms with Crippen LogP contribution < -0.4 is 16.4 Å². The Morgan fingerprint density at radius 1 is 1.27 bits per heavy atom. The van der Waals surface area contributed by atoms with E-state index in [0.717, 1.165) is 13.0 Å². The van der Waals surface area contributed by atoms with Crippen molar-refractivity contribution in [2.75, 3.05) is 18.4 Å². The second-order valence-corrected chi connectivity index (χ2v) is 5.19. The number of carbonyl (C=O) groups is 1. The number of unbranched alkanes of at least 4 members (excludes halogenated alkanes) is 5. The van der Waals surface area contributed by atoms with Crippen LogP contribution in [0.3, 0.4) is 0 Å². The molecule has 0 saturated carbocycles. The number of nitrogens with one attached hydrogen (secondary N) is 2. The molecule has 0 bridgehead atoms. The van der Waals surface area contributed by atoms with Crippen molar-refractivity contribution in [1.82, 2.24) is 10.3 Å². The summed E-state index contributed by atoms with van der Waals surface area (Å²) >= 11 is 0. The fourth-order valence-electron chi connectivity index (χ4n) is 1.97. The van der Waals surface area contributed by atoms with Crippen LogP contribution in [-0.2, 0) is 4.79 Å². The predicted molar refractivity (Wildman–Crippen MR) is 90.7 cm³/mol. The Morgan fingerprint density at radius 3 is 2.77 bits per heavy atom. The van der Waals surface area contributed by atoms with Gasteiger partial charge >= 0.3 is 0 Å². The van der Waals surface area contributed by atoms with Crippen LogP contribution in [0.25, 0.3) is 0 Å². The first kappa shape index (κ1) is 17.9. The molecular formula is C16H27N5O. The van der Waals surface area contributed by atoms with Crippen LogP contribution >= 0.6 is 0 Å². The highest BCUT2D eigenvalue weighted by Gasteiger charge is 2.01. The van der Waals surface area contributed by atoms with E-state index in [4.69, 9.17) is 5.73 Å². The molecule has 6 heteroatoms. The number of aliphatic imine (C=N–C) groups is 1. The molecule has 0 saturated heterocycles. The second kappa shape index (κ2) is 11.5. The van der Waals surface area contributed by atoms with Crippen LogP contribution in [0, 0.1) is 0 Å². The predicted octanol–water partition coefficient (Wildman–Crippen LogP) is 2.28. The molecule has 1 heterocycles. The molecule has 0 spiro atoms. The highest BCUT2D eigenvalue weighted by atomic mass is 16.1. The molecule has 0 aromatic carbocycles. The number of anilines is 1. The third-order valence-electron chi connectivity index (χ3n) is 3.17. The number of aromatic nitrogens is 1. The number of nitrogens with two attached hydrogens (primary N) is 1. The summed E-state index contributed by atoms with van der Waals surface area (Å²) in [6.07, 6.45) is 10.6. The van der Waals surface area contributed by atoms with Gasteiger partial charge in [-0.1, -0.05) is 39.0 Å². The summed E-state index contributed by atoms with van der Waals surface area (Å²) in [5.74, 6) is 0.104. The number of pyridine rings is 1. The second-order valence-electron chi connectivity index (χ2n) is 5.19. The molecule has 4 N–H and O–H groups in total. The summed E-state index contributed by atoms with van der Waals surface area (Å²) in [7, 11) is 0. The Morgan fingerprint density at radius 2 is 2.05 bits per heavy atom. The largest absolute Gasteiger partial charge is 0.370 e. The van der Waals surface area contributed by atoms with Crippen LogP contribution in [0.2, 0.25) is 0 Å². The van der Waals surface area contributed by atoms with Crippen molar-refractivity contribution in [2.45, 2.75) is 45.4 Å². The third kappa shape index (κ3) is 8.94. The van der Waals surface area contributed by atoms with Crippen LogP contribution in [-0.4, -0.2) is 29.9 Å². The topological polar surface area (TPSA) is 92.4 Å². The number of guanidine groups is 1. The van der Waals surface area contributed by atoms with Gasteiger partial charge in [0.1, 0.15) is 6.54 Å². The zero-order chi connectivity index (χ0) is 16.0. The van der Waals surface area contributed by atoms with Crippen molar-refractivity contribution in [3.8, 4) is 0 Å². The molecule has 6 nitrogen and oxygen atoms in total. The Hall–Kier alpha value is -2.11. The molecule has 0 unspecified atom stereocenters. The lowest BCUT2D eigenvalue weighted by Crippen LogP contribution is -2.33. The maximum absolute atomic E-state index is 11.7. The number of nitrogens with zero attached hydrogens (tertiary/aromatic N) is 2. The Balaban J connectivity index is 2.10. The number of carbonyl (C=O) groups excluding carboxylic acids is 1. The first-order valence-corrected chi connectivity index (χ1v) is 7.96. The number of rotatable bonds is 10. The summed E-state index contributed by atoms with van der Waals surface area (Å²) in [5.41, 5.74) is 6.38. The van der Waals surface area contributed by atoms with Crippen LogP contribution in [0.4, 0.5) is 5.69 Å². The molecule has 0 aliphatic rings. The zero-order valence-corrected chi connectivity index (χ0v) is 13.3. The molecule has 1 amide bonds. The fourth-order valence-corrected chi connectivity index (χ4v) is 1.97. The van der Waals surface area contributed by atoms with Gasteiger partial charge in [-0.25, -0.2) is 4.99 Å². The zero-order valence-electron chi connectivity index (χ0n) is 13.3. The molecule has 122 valence electrons. The average molecular weight is 305 g/mol. The maximum atomic E-state index is 11.7. The van der Waals surface area contributed by atoms with E-state index < -0.39 is 0 Å². The summed E-state index contributed by atoms with van der Waals surface area (Å²) in [4.78, 5) is 19.6. The van der Waals surface area contributed by atoms with Crippen LogP contribution in [0.5, 0.6) is 0 Å². The van der Waals surface area contributed by atoms with Crippen molar-refractivity contribution >= 4 is 17.6 Å². The molecule has 0 atom stereocenters. The van der Waals surface area contributed by atoms with Crippen molar-refractivity contribution in [1.29, 1.82) is 0 Å². The smallest absolute Gasteiger partial charge is 0.246 e. The molecule has 22 heavy (non-hydrogen) atoms. The van der Waals surface area contributed by atoms with Crippen molar-refractivity contribution < 1.29 is 4.79 Å². The molecule has 1 rings (SSSR count). The number of hydrogen-bond acceptors (Lipinski definition) is 3. The highest BCUT2D eigenvalue weighted by Crippen LogP contribution is 2.04. The van der Waals surface area contributed by atoms with E-state index in [1.165, 1.54) is 32.1 Å². The Labute approximate surface area is 132 Å². The van der Waals surface area contributed by atoms with Gasteiger partial charge in [-0.3, -0.25) is 9.78 Å². The molecule has 0 aliphatic carbocycles. The lowest BCUT2D eigenvalue weighted by atomic mass is 10.1. The van der Waals surface area contributed by atoms with Gasteiger partial charge in [-0.05, 0) is 18.6 Å². The summed E-state index contributed by atoms with van der Waals surface area (Å²) in [6.45, 7) is 3.01. The van der Waals surface area contributed by atoms with E-state index >= 15 is 0 Å². The first-order chi connectivity index (χ1) is 10.7. The minimum atomic E-state index is -0.211. The molecule has 0 radical (unpaired) electrons. The van der Waals surface area contributed by atoms with Gasteiger partial charge in [-0.15, -0.1) is 0 Å². The maximum Gasteiger partial charge on any atom is 0.246 e. The van der Waals surface area contributed by atoms with E-state index in [1.807, 2.05) is 0 Å². The molecule has 1 aromatic heterocycles. The normalized spacial score (nSPS) is 11.2. The summed E-state index contributed by atoms with van der Waals surface area (Å²) in [5, 5.41) is 5.73. The van der Waals surface area contributed by atoms with Gasteiger partial charge in [0.25, 0.3) is 0 Å². The minimum absolute atomic E-state index is 0.00419. The lowest BCUT2D eigenvalue weighted by Gasteiger charge is -2.06. The van der Waals surface area contributed by atoms with Crippen molar-refractivity contribution in [2.24, 2.45) is 10.7 Å². The SMILES string of the molecule is CCCCCCCCNC(N)=NCC(=O)Nc1cccnc1. The van der Waals surface area contributed by atoms with Gasteiger partial charge in [0.2, 0.25) is 5.91 Å². The van der Waals surface area contributed by atoms with Gasteiger partial charge in [-0.2, -0.15) is 0 Å². The molecular weight excluding hydrogens is 278 g/mol.